The van der Waals surface area contributed by atoms with E-state index in [-0.39, 0.29) is 0 Å². The topological polar surface area (TPSA) is 35.9 Å². The molecule has 30 heavy (non-hydrogen) atoms. The molecule has 0 aromatic heterocycles. The molecule has 156 valence electrons. The molecule has 0 amide bonds. The molecule has 1 heterocycles. The summed E-state index contributed by atoms with van der Waals surface area (Å²) in [7, 11) is 0. The molecule has 1 N–H and O–H groups in total. The van der Waals surface area contributed by atoms with Crippen LogP contribution in [0.5, 0.6) is 5.75 Å². The number of hydrogen-bond acceptors (Lipinski definition) is 4. The van der Waals surface area contributed by atoms with Gasteiger partial charge in [-0.2, -0.15) is 0 Å². The van der Waals surface area contributed by atoms with Crippen molar-refractivity contribution in [3.63, 3.8) is 0 Å². The van der Waals surface area contributed by atoms with E-state index in [4.69, 9.17) is 4.74 Å². The zero-order valence-corrected chi connectivity index (χ0v) is 17.4. The van der Waals surface area contributed by atoms with Crippen LogP contribution in [0.1, 0.15) is 5.56 Å². The highest BCUT2D eigenvalue weighted by molar-refractivity contribution is 5.63. The van der Waals surface area contributed by atoms with Crippen molar-refractivity contribution >= 4 is 0 Å². The fraction of sp³-hybridized carbons (Fsp3) is 0.308. The Morgan fingerprint density at radius 2 is 1.27 bits per heavy atom. The number of β-amino-alcohol motifs (C(OH)–C–C–N with tert-alkyl or cyclic N) is 1. The molecule has 1 atom stereocenters. The number of aliphatic hydroxyl groups excluding tert-OH is 1. The summed E-state index contributed by atoms with van der Waals surface area (Å²) in [4.78, 5) is 4.80. The third-order valence-corrected chi connectivity index (χ3v) is 5.59. The molecule has 4 rings (SSSR count). The minimum atomic E-state index is -0.487. The summed E-state index contributed by atoms with van der Waals surface area (Å²) in [6, 6.07) is 29.0. The maximum atomic E-state index is 10.4. The Labute approximate surface area is 179 Å². The van der Waals surface area contributed by atoms with Crippen LogP contribution in [0.4, 0.5) is 0 Å². The fourth-order valence-corrected chi connectivity index (χ4v) is 3.89. The number of piperazine rings is 1. The van der Waals surface area contributed by atoms with E-state index in [0.29, 0.717) is 13.2 Å². The lowest BCUT2D eigenvalue weighted by atomic mass is 10.1. The molecule has 4 heteroatoms. The van der Waals surface area contributed by atoms with E-state index < -0.39 is 6.10 Å². The molecular weight excluding hydrogens is 372 g/mol. The van der Waals surface area contributed by atoms with Crippen molar-refractivity contribution in [3.8, 4) is 16.9 Å². The van der Waals surface area contributed by atoms with E-state index in [1.807, 2.05) is 30.3 Å². The number of benzene rings is 3. The van der Waals surface area contributed by atoms with E-state index in [2.05, 4.69) is 64.4 Å². The molecule has 1 saturated heterocycles. The van der Waals surface area contributed by atoms with Gasteiger partial charge in [0.15, 0.2) is 0 Å². The highest BCUT2D eigenvalue weighted by Crippen LogP contribution is 2.22. The Kier molecular flexibility index (Phi) is 7.14. The van der Waals surface area contributed by atoms with Crippen molar-refractivity contribution < 1.29 is 9.84 Å². The normalized spacial score (nSPS) is 16.3. The molecule has 4 nitrogen and oxygen atoms in total. The average molecular weight is 403 g/mol. The van der Waals surface area contributed by atoms with Crippen LogP contribution >= 0.6 is 0 Å². The van der Waals surface area contributed by atoms with Gasteiger partial charge in [0.2, 0.25) is 0 Å². The van der Waals surface area contributed by atoms with Crippen LogP contribution in [-0.4, -0.2) is 60.3 Å². The summed E-state index contributed by atoms with van der Waals surface area (Å²) < 4.78 is 5.81. The van der Waals surface area contributed by atoms with E-state index in [1.54, 1.807) is 0 Å². The molecule has 1 aliphatic heterocycles. The molecule has 0 unspecified atom stereocenters. The lowest BCUT2D eigenvalue weighted by Gasteiger charge is -2.35. The Hall–Kier alpha value is -2.66. The van der Waals surface area contributed by atoms with Gasteiger partial charge in [-0.15, -0.1) is 0 Å². The molecule has 0 aliphatic carbocycles. The maximum Gasteiger partial charge on any atom is 0.119 e. The summed E-state index contributed by atoms with van der Waals surface area (Å²) in [6.07, 6.45) is -0.487. The Balaban J connectivity index is 1.18. The van der Waals surface area contributed by atoms with Crippen LogP contribution in [0, 0.1) is 0 Å². The van der Waals surface area contributed by atoms with Gasteiger partial charge in [0, 0.05) is 39.3 Å². The van der Waals surface area contributed by atoms with Crippen molar-refractivity contribution in [2.24, 2.45) is 0 Å². The number of aliphatic hydroxyl groups is 1. The standard InChI is InChI=1S/C26H30N2O2/c29-25(20-28-17-15-27(16-18-28)19-22-7-3-1-4-8-22)21-30-26-13-11-24(12-14-26)23-9-5-2-6-10-23/h1-14,25,29H,15-21H2/t25-/m1/s1. The lowest BCUT2D eigenvalue weighted by molar-refractivity contribution is 0.0446. The van der Waals surface area contributed by atoms with Gasteiger partial charge in [0.1, 0.15) is 18.5 Å². The second kappa shape index (κ2) is 10.4. The van der Waals surface area contributed by atoms with Crippen LogP contribution < -0.4 is 4.74 Å². The van der Waals surface area contributed by atoms with Crippen molar-refractivity contribution in [1.29, 1.82) is 0 Å². The predicted octanol–water partition coefficient (Wildman–Crippen LogP) is 3.91. The Bertz CT molecular complexity index is 876. The van der Waals surface area contributed by atoms with Crippen molar-refractivity contribution in [1.82, 2.24) is 9.80 Å². The molecule has 1 aliphatic rings. The second-order valence-electron chi connectivity index (χ2n) is 7.92. The van der Waals surface area contributed by atoms with E-state index in [9.17, 15) is 5.11 Å². The fourth-order valence-electron chi connectivity index (χ4n) is 3.89. The van der Waals surface area contributed by atoms with Crippen LogP contribution in [0.25, 0.3) is 11.1 Å². The molecule has 0 radical (unpaired) electrons. The first-order valence-corrected chi connectivity index (χ1v) is 10.7. The number of ether oxygens (including phenoxy) is 1. The summed E-state index contributed by atoms with van der Waals surface area (Å²) >= 11 is 0. The van der Waals surface area contributed by atoms with Crippen LogP contribution in [0.3, 0.4) is 0 Å². The summed E-state index contributed by atoms with van der Waals surface area (Å²) in [5.41, 5.74) is 3.71. The Morgan fingerprint density at radius 3 is 1.93 bits per heavy atom. The monoisotopic (exact) mass is 402 g/mol. The van der Waals surface area contributed by atoms with Gasteiger partial charge in [-0.3, -0.25) is 9.80 Å². The minimum absolute atomic E-state index is 0.314. The first-order valence-electron chi connectivity index (χ1n) is 10.7. The number of rotatable bonds is 8. The third-order valence-electron chi connectivity index (χ3n) is 5.59. The highest BCUT2D eigenvalue weighted by atomic mass is 16.5. The first-order chi connectivity index (χ1) is 14.8. The molecule has 1 fully saturated rings. The summed E-state index contributed by atoms with van der Waals surface area (Å²) in [6.45, 7) is 5.99. The lowest BCUT2D eigenvalue weighted by Crippen LogP contribution is -2.48. The van der Waals surface area contributed by atoms with Crippen molar-refractivity contribution in [2.75, 3.05) is 39.3 Å². The van der Waals surface area contributed by atoms with Gasteiger partial charge >= 0.3 is 0 Å². The smallest absolute Gasteiger partial charge is 0.119 e. The summed E-state index contributed by atoms with van der Waals surface area (Å²) in [5, 5.41) is 10.4. The van der Waals surface area contributed by atoms with Crippen LogP contribution in [-0.2, 0) is 6.54 Å². The van der Waals surface area contributed by atoms with Gasteiger partial charge < -0.3 is 9.84 Å². The minimum Gasteiger partial charge on any atom is -0.491 e. The van der Waals surface area contributed by atoms with Gasteiger partial charge in [0.25, 0.3) is 0 Å². The third kappa shape index (κ3) is 5.92. The van der Waals surface area contributed by atoms with E-state index in [1.165, 1.54) is 11.1 Å². The first kappa shape index (κ1) is 20.6. The van der Waals surface area contributed by atoms with Crippen LogP contribution in [0.15, 0.2) is 84.9 Å². The zero-order valence-electron chi connectivity index (χ0n) is 17.4. The number of nitrogens with zero attached hydrogens (tertiary/aromatic N) is 2. The van der Waals surface area contributed by atoms with Crippen molar-refractivity contribution in [3.05, 3.63) is 90.5 Å². The second-order valence-corrected chi connectivity index (χ2v) is 7.92. The summed E-state index contributed by atoms with van der Waals surface area (Å²) in [5.74, 6) is 0.793. The molecule has 3 aromatic carbocycles. The molecular formula is C26H30N2O2. The number of hydrogen-bond donors (Lipinski definition) is 1. The molecule has 0 saturated carbocycles. The zero-order chi connectivity index (χ0) is 20.6. The Morgan fingerprint density at radius 1 is 0.700 bits per heavy atom. The maximum absolute atomic E-state index is 10.4. The van der Waals surface area contributed by atoms with Crippen molar-refractivity contribution in [2.45, 2.75) is 12.6 Å². The predicted molar refractivity (Wildman–Crippen MR) is 122 cm³/mol. The largest absolute Gasteiger partial charge is 0.491 e. The average Bonchev–Trinajstić information content (AvgIpc) is 2.81. The van der Waals surface area contributed by atoms with Gasteiger partial charge in [-0.1, -0.05) is 72.8 Å². The van der Waals surface area contributed by atoms with Gasteiger partial charge in [-0.25, -0.2) is 0 Å². The highest BCUT2D eigenvalue weighted by Gasteiger charge is 2.19. The molecule has 0 spiro atoms. The molecule has 0 bridgehead atoms. The van der Waals surface area contributed by atoms with Gasteiger partial charge in [-0.05, 0) is 28.8 Å². The van der Waals surface area contributed by atoms with E-state index in [0.717, 1.165) is 44.0 Å². The molecule has 3 aromatic rings. The van der Waals surface area contributed by atoms with E-state index >= 15 is 0 Å². The van der Waals surface area contributed by atoms with Gasteiger partial charge in [0.05, 0.1) is 0 Å². The quantitative estimate of drug-likeness (QED) is 0.620. The SMILES string of the molecule is O[C@@H](COc1ccc(-c2ccccc2)cc1)CN1CCN(Cc2ccccc2)CC1. The van der Waals surface area contributed by atoms with Crippen LogP contribution in [0.2, 0.25) is 0 Å².